The first-order chi connectivity index (χ1) is 11.4. The number of benzene rings is 1. The molecule has 2 atom stereocenters. The van der Waals surface area contributed by atoms with Crippen molar-refractivity contribution in [1.29, 1.82) is 0 Å². The molecular formula is C17H17F3N2OS. The van der Waals surface area contributed by atoms with Gasteiger partial charge in [0, 0.05) is 17.0 Å². The Morgan fingerprint density at radius 3 is 2.58 bits per heavy atom. The first kappa shape index (κ1) is 17.0. The first-order valence-corrected chi connectivity index (χ1v) is 8.71. The molecule has 1 aromatic carbocycles. The van der Waals surface area contributed by atoms with Gasteiger partial charge in [-0.1, -0.05) is 43.2 Å². The molecule has 1 heterocycles. The molecule has 0 aliphatic heterocycles. The Morgan fingerprint density at radius 1 is 1.17 bits per heavy atom. The van der Waals surface area contributed by atoms with Crippen LogP contribution in [0.3, 0.4) is 0 Å². The average Bonchev–Trinajstić information content (AvgIpc) is 3.05. The Balaban J connectivity index is 1.72. The summed E-state index contributed by atoms with van der Waals surface area (Å²) in [5.41, 5.74) is 1.05. The maximum absolute atomic E-state index is 13.1. The van der Waals surface area contributed by atoms with Gasteiger partial charge in [0.2, 0.25) is 0 Å². The Morgan fingerprint density at radius 2 is 1.88 bits per heavy atom. The molecule has 0 bridgehead atoms. The van der Waals surface area contributed by atoms with E-state index in [1.807, 2.05) is 30.3 Å². The van der Waals surface area contributed by atoms with E-state index in [1.54, 1.807) is 5.38 Å². The second kappa shape index (κ2) is 6.93. The number of hydrogen-bond acceptors (Lipinski definition) is 3. The number of rotatable bonds is 3. The van der Waals surface area contributed by atoms with Crippen LogP contribution in [0.2, 0.25) is 0 Å². The zero-order chi connectivity index (χ0) is 17.2. The quantitative estimate of drug-likeness (QED) is 0.871. The van der Waals surface area contributed by atoms with Crippen LogP contribution in [-0.2, 0) is 0 Å². The van der Waals surface area contributed by atoms with E-state index in [4.69, 9.17) is 0 Å². The van der Waals surface area contributed by atoms with Gasteiger partial charge in [-0.25, -0.2) is 4.98 Å². The van der Waals surface area contributed by atoms with E-state index in [9.17, 15) is 18.0 Å². The number of nitrogens with one attached hydrogen (secondary N) is 1. The fraction of sp³-hybridized carbons (Fsp3) is 0.412. The molecular weight excluding hydrogens is 337 g/mol. The molecule has 1 amide bonds. The fourth-order valence-electron chi connectivity index (χ4n) is 3.03. The van der Waals surface area contributed by atoms with Crippen LogP contribution < -0.4 is 5.32 Å². The summed E-state index contributed by atoms with van der Waals surface area (Å²) in [5, 5.41) is 4.81. The molecule has 2 aromatic rings. The third-order valence-electron chi connectivity index (χ3n) is 4.26. The van der Waals surface area contributed by atoms with Gasteiger partial charge in [-0.05, 0) is 12.8 Å². The number of carbonyl (C=O) groups excluding carboxylic acids is 1. The summed E-state index contributed by atoms with van der Waals surface area (Å²) in [6.45, 7) is 0. The van der Waals surface area contributed by atoms with E-state index in [1.165, 1.54) is 11.3 Å². The maximum atomic E-state index is 13.1. The summed E-state index contributed by atoms with van der Waals surface area (Å²) in [7, 11) is 0. The summed E-state index contributed by atoms with van der Waals surface area (Å²) in [6.07, 6.45) is -2.61. The van der Waals surface area contributed by atoms with Crippen molar-refractivity contribution in [2.75, 3.05) is 0 Å². The van der Waals surface area contributed by atoms with E-state index in [2.05, 4.69) is 10.3 Å². The normalized spacial score (nSPS) is 21.5. The highest BCUT2D eigenvalue weighted by molar-refractivity contribution is 7.13. The van der Waals surface area contributed by atoms with Gasteiger partial charge in [-0.15, -0.1) is 11.3 Å². The number of amides is 1. The summed E-state index contributed by atoms with van der Waals surface area (Å²) in [6, 6.07) is 8.50. The Kier molecular flexibility index (Phi) is 4.89. The van der Waals surface area contributed by atoms with Crippen LogP contribution in [-0.4, -0.2) is 23.1 Å². The van der Waals surface area contributed by atoms with Crippen LogP contribution in [0.1, 0.15) is 36.2 Å². The van der Waals surface area contributed by atoms with Gasteiger partial charge in [0.15, 0.2) is 0 Å². The minimum absolute atomic E-state index is 0.0702. The van der Waals surface area contributed by atoms with Gasteiger partial charge < -0.3 is 5.32 Å². The number of nitrogens with zero attached hydrogens (tertiary/aromatic N) is 1. The van der Waals surface area contributed by atoms with Crippen molar-refractivity contribution < 1.29 is 18.0 Å². The van der Waals surface area contributed by atoms with Crippen LogP contribution in [0.25, 0.3) is 10.6 Å². The third kappa shape index (κ3) is 3.77. The van der Waals surface area contributed by atoms with Gasteiger partial charge in [0.1, 0.15) is 10.7 Å². The van der Waals surface area contributed by atoms with Crippen molar-refractivity contribution in [3.8, 4) is 10.6 Å². The smallest absolute Gasteiger partial charge is 0.347 e. The predicted octanol–water partition coefficient (Wildman–Crippen LogP) is 4.66. The summed E-state index contributed by atoms with van der Waals surface area (Å²) < 4.78 is 39.3. The molecule has 1 N–H and O–H groups in total. The standard InChI is InChI=1S/C17H17F3N2OS/c18-17(19,20)12-8-4-5-9-13(12)21-15(23)14-10-24-16(22-14)11-6-2-1-3-7-11/h1-3,6-7,10,12-13H,4-5,8-9H2,(H,21,23)/t12-,13-/m0/s1. The van der Waals surface area contributed by atoms with Gasteiger partial charge in [0.25, 0.3) is 5.91 Å². The molecule has 1 saturated carbocycles. The van der Waals surface area contributed by atoms with Crippen LogP contribution in [0.4, 0.5) is 13.2 Å². The molecule has 1 aliphatic carbocycles. The lowest BCUT2D eigenvalue weighted by atomic mass is 9.84. The molecule has 3 nitrogen and oxygen atoms in total. The zero-order valence-corrected chi connectivity index (χ0v) is 13.7. The van der Waals surface area contributed by atoms with E-state index in [-0.39, 0.29) is 12.1 Å². The second-order valence-corrected chi connectivity index (χ2v) is 6.77. The molecule has 0 unspecified atom stereocenters. The molecule has 0 radical (unpaired) electrons. The number of hydrogen-bond donors (Lipinski definition) is 1. The van der Waals surface area contributed by atoms with Crippen molar-refractivity contribution in [3.05, 3.63) is 41.4 Å². The van der Waals surface area contributed by atoms with E-state index < -0.39 is 24.0 Å². The molecule has 1 fully saturated rings. The minimum atomic E-state index is -4.28. The molecule has 3 rings (SSSR count). The van der Waals surface area contributed by atoms with Crippen molar-refractivity contribution in [2.45, 2.75) is 37.9 Å². The van der Waals surface area contributed by atoms with Gasteiger partial charge in [0.05, 0.1) is 5.92 Å². The highest BCUT2D eigenvalue weighted by Crippen LogP contribution is 2.37. The van der Waals surface area contributed by atoms with E-state index >= 15 is 0 Å². The summed E-state index contributed by atoms with van der Waals surface area (Å²) in [5.74, 6) is -2.00. The molecule has 1 aliphatic rings. The second-order valence-electron chi connectivity index (χ2n) is 5.92. The Bertz CT molecular complexity index is 699. The van der Waals surface area contributed by atoms with Gasteiger partial charge in [-0.3, -0.25) is 4.79 Å². The van der Waals surface area contributed by atoms with Crippen molar-refractivity contribution in [1.82, 2.24) is 10.3 Å². The Hall–Kier alpha value is -1.89. The molecule has 1 aromatic heterocycles. The van der Waals surface area contributed by atoms with Crippen LogP contribution in [0.5, 0.6) is 0 Å². The third-order valence-corrected chi connectivity index (χ3v) is 5.15. The molecule has 24 heavy (non-hydrogen) atoms. The summed E-state index contributed by atoms with van der Waals surface area (Å²) in [4.78, 5) is 16.6. The molecule has 128 valence electrons. The first-order valence-electron chi connectivity index (χ1n) is 7.83. The van der Waals surface area contributed by atoms with Crippen molar-refractivity contribution in [3.63, 3.8) is 0 Å². The van der Waals surface area contributed by atoms with Crippen LogP contribution >= 0.6 is 11.3 Å². The molecule has 0 spiro atoms. The average molecular weight is 354 g/mol. The van der Waals surface area contributed by atoms with Crippen LogP contribution in [0.15, 0.2) is 35.7 Å². The highest BCUT2D eigenvalue weighted by Gasteiger charge is 2.46. The zero-order valence-electron chi connectivity index (χ0n) is 12.8. The number of aromatic nitrogens is 1. The lowest BCUT2D eigenvalue weighted by Crippen LogP contribution is -2.47. The highest BCUT2D eigenvalue weighted by atomic mass is 32.1. The predicted molar refractivity (Wildman–Crippen MR) is 86.8 cm³/mol. The van der Waals surface area contributed by atoms with Gasteiger partial charge in [-0.2, -0.15) is 13.2 Å². The SMILES string of the molecule is O=C(N[C@H]1CCCC[C@@H]1C(F)(F)F)c1csc(-c2ccccc2)n1. The van der Waals surface area contributed by atoms with Crippen molar-refractivity contribution >= 4 is 17.2 Å². The largest absolute Gasteiger partial charge is 0.393 e. The van der Waals surface area contributed by atoms with Gasteiger partial charge >= 0.3 is 6.18 Å². The maximum Gasteiger partial charge on any atom is 0.393 e. The monoisotopic (exact) mass is 354 g/mol. The van der Waals surface area contributed by atoms with Crippen LogP contribution in [0, 0.1) is 5.92 Å². The molecule has 0 saturated heterocycles. The van der Waals surface area contributed by atoms with E-state index in [0.717, 1.165) is 5.56 Å². The lowest BCUT2D eigenvalue weighted by Gasteiger charge is -2.33. The number of thiazole rings is 1. The summed E-state index contributed by atoms with van der Waals surface area (Å²) >= 11 is 1.31. The number of alkyl halides is 3. The van der Waals surface area contributed by atoms with Crippen molar-refractivity contribution in [2.24, 2.45) is 5.92 Å². The molecule has 7 heteroatoms. The fourth-order valence-corrected chi connectivity index (χ4v) is 3.84. The Labute approximate surface area is 141 Å². The minimum Gasteiger partial charge on any atom is -0.347 e. The number of halogens is 3. The number of carbonyl (C=O) groups is 1. The topological polar surface area (TPSA) is 42.0 Å². The van der Waals surface area contributed by atoms with E-state index in [0.29, 0.717) is 24.3 Å². The lowest BCUT2D eigenvalue weighted by molar-refractivity contribution is -0.187.